The van der Waals surface area contributed by atoms with Gasteiger partial charge >= 0.3 is 0 Å². The van der Waals surface area contributed by atoms with Gasteiger partial charge in [-0.25, -0.2) is 4.98 Å². The summed E-state index contributed by atoms with van der Waals surface area (Å²) in [7, 11) is 0. The van der Waals surface area contributed by atoms with Crippen LogP contribution < -0.4 is 5.32 Å². The van der Waals surface area contributed by atoms with Crippen molar-refractivity contribution in [2.45, 2.75) is 0 Å². The maximum atomic E-state index is 12.1. The van der Waals surface area contributed by atoms with E-state index in [1.807, 2.05) is 36.4 Å². The molecule has 4 aromatic rings. The smallest absolute Gasteiger partial charge is 0.250 e. The van der Waals surface area contributed by atoms with Crippen LogP contribution in [0.15, 0.2) is 66.7 Å². The number of carbonyl (C=O) groups is 1. The van der Waals surface area contributed by atoms with E-state index in [9.17, 15) is 4.79 Å². The zero-order valence-electron chi connectivity index (χ0n) is 13.1. The van der Waals surface area contributed by atoms with Crippen LogP contribution in [0, 0.1) is 0 Å². The molecule has 25 heavy (non-hydrogen) atoms. The summed E-state index contributed by atoms with van der Waals surface area (Å²) >= 11 is 7.32. The summed E-state index contributed by atoms with van der Waals surface area (Å²) in [5.41, 5.74) is 1.83. The maximum Gasteiger partial charge on any atom is 0.250 e. The monoisotopic (exact) mass is 364 g/mol. The number of halogens is 1. The first-order valence-electron chi connectivity index (χ1n) is 7.72. The molecule has 0 aliphatic rings. The van der Waals surface area contributed by atoms with E-state index in [1.54, 1.807) is 18.2 Å². The van der Waals surface area contributed by atoms with Gasteiger partial charge in [0.25, 0.3) is 0 Å². The molecule has 122 valence electrons. The summed E-state index contributed by atoms with van der Waals surface area (Å²) in [5, 5.41) is 6.33. The molecule has 1 aromatic heterocycles. The van der Waals surface area contributed by atoms with Gasteiger partial charge in [-0.15, -0.1) is 0 Å². The van der Waals surface area contributed by atoms with Crippen LogP contribution in [0.1, 0.15) is 5.56 Å². The van der Waals surface area contributed by atoms with Crippen molar-refractivity contribution < 1.29 is 4.79 Å². The Bertz CT molecular complexity index is 1100. The van der Waals surface area contributed by atoms with Crippen molar-refractivity contribution in [1.82, 2.24) is 4.98 Å². The lowest BCUT2D eigenvalue weighted by molar-refractivity contribution is -0.111. The molecule has 1 heterocycles. The molecule has 0 aliphatic heterocycles. The molecule has 4 rings (SSSR count). The first kappa shape index (κ1) is 15.8. The van der Waals surface area contributed by atoms with E-state index in [0.717, 1.165) is 26.6 Å². The predicted molar refractivity (Wildman–Crippen MR) is 106 cm³/mol. The van der Waals surface area contributed by atoms with Crippen molar-refractivity contribution in [2.24, 2.45) is 0 Å². The molecular formula is C20H13ClN2OS. The lowest BCUT2D eigenvalue weighted by Gasteiger charge is -1.97. The van der Waals surface area contributed by atoms with Crippen LogP contribution in [-0.2, 0) is 4.79 Å². The topological polar surface area (TPSA) is 42.0 Å². The highest BCUT2D eigenvalue weighted by Gasteiger charge is 2.08. The van der Waals surface area contributed by atoms with Crippen molar-refractivity contribution in [1.29, 1.82) is 0 Å². The number of fused-ring (bicyclic) bond motifs is 3. The van der Waals surface area contributed by atoms with Gasteiger partial charge in [-0.2, -0.15) is 0 Å². The summed E-state index contributed by atoms with van der Waals surface area (Å²) in [6.07, 6.45) is 3.24. The molecule has 3 nitrogen and oxygen atoms in total. The molecule has 0 atom stereocenters. The highest BCUT2D eigenvalue weighted by molar-refractivity contribution is 7.22. The molecular weight excluding hydrogens is 352 g/mol. The molecule has 0 bridgehead atoms. The average Bonchev–Trinajstić information content (AvgIpc) is 3.04. The third-order valence-corrected chi connectivity index (χ3v) is 5.00. The van der Waals surface area contributed by atoms with Crippen LogP contribution in [0.4, 0.5) is 5.13 Å². The first-order valence-corrected chi connectivity index (χ1v) is 8.91. The van der Waals surface area contributed by atoms with Crippen LogP contribution in [0.2, 0.25) is 5.02 Å². The van der Waals surface area contributed by atoms with Crippen LogP contribution in [0.3, 0.4) is 0 Å². The first-order chi connectivity index (χ1) is 12.2. The second-order valence-electron chi connectivity index (χ2n) is 5.53. The van der Waals surface area contributed by atoms with E-state index in [-0.39, 0.29) is 5.91 Å². The van der Waals surface area contributed by atoms with E-state index < -0.39 is 0 Å². The number of rotatable bonds is 3. The highest BCUT2D eigenvalue weighted by Crippen LogP contribution is 2.31. The van der Waals surface area contributed by atoms with Crippen LogP contribution in [-0.4, -0.2) is 10.9 Å². The molecule has 0 aliphatic carbocycles. The molecule has 0 saturated carbocycles. The summed E-state index contributed by atoms with van der Waals surface area (Å²) in [5.74, 6) is -0.210. The number of nitrogens with one attached hydrogen (secondary N) is 1. The van der Waals surface area contributed by atoms with Gasteiger partial charge in [-0.3, -0.25) is 10.1 Å². The quantitative estimate of drug-likeness (QED) is 0.470. The Balaban J connectivity index is 1.57. The van der Waals surface area contributed by atoms with E-state index in [1.165, 1.54) is 17.4 Å². The Morgan fingerprint density at radius 1 is 1.04 bits per heavy atom. The zero-order chi connectivity index (χ0) is 17.2. The number of amides is 1. The number of anilines is 1. The number of nitrogens with zero attached hydrogens (tertiary/aromatic N) is 1. The second-order valence-corrected chi connectivity index (χ2v) is 6.99. The third-order valence-electron chi connectivity index (χ3n) is 3.81. The van der Waals surface area contributed by atoms with Gasteiger partial charge < -0.3 is 0 Å². The molecule has 0 fully saturated rings. The molecule has 1 amide bonds. The average molecular weight is 365 g/mol. The number of thiazole rings is 1. The van der Waals surface area contributed by atoms with E-state index >= 15 is 0 Å². The number of hydrogen-bond acceptors (Lipinski definition) is 3. The van der Waals surface area contributed by atoms with Crippen molar-refractivity contribution in [3.63, 3.8) is 0 Å². The fraction of sp³-hybridized carbons (Fsp3) is 0. The van der Waals surface area contributed by atoms with Crippen molar-refractivity contribution in [3.8, 4) is 0 Å². The predicted octanol–water partition coefficient (Wildman–Crippen LogP) is 5.75. The Hall–Kier alpha value is -2.69. The SMILES string of the molecule is O=C(/C=C/c1ccc(Cl)cc1)Nc1nc2c(ccc3ccccc32)s1. The number of aromatic nitrogens is 1. The van der Waals surface area contributed by atoms with Crippen molar-refractivity contribution in [3.05, 3.63) is 77.3 Å². The standard InChI is InChI=1S/C20H13ClN2OS/c21-15-9-5-13(6-10-15)7-12-18(24)22-20-23-19-16-4-2-1-3-14(16)8-11-17(19)25-20/h1-12H,(H,22,23,24)/b12-7+. The van der Waals surface area contributed by atoms with Gasteiger partial charge in [0.2, 0.25) is 5.91 Å². The lowest BCUT2D eigenvalue weighted by atomic mass is 10.1. The Labute approximate surface area is 153 Å². The molecule has 0 radical (unpaired) electrons. The maximum absolute atomic E-state index is 12.1. The molecule has 5 heteroatoms. The fourth-order valence-electron chi connectivity index (χ4n) is 2.61. The second kappa shape index (κ2) is 6.67. The molecule has 0 spiro atoms. The van der Waals surface area contributed by atoms with Gasteiger partial charge in [0.1, 0.15) is 0 Å². The van der Waals surface area contributed by atoms with Gasteiger partial charge in [0.15, 0.2) is 5.13 Å². The van der Waals surface area contributed by atoms with E-state index in [0.29, 0.717) is 10.2 Å². The fourth-order valence-corrected chi connectivity index (χ4v) is 3.62. The number of hydrogen-bond donors (Lipinski definition) is 1. The van der Waals surface area contributed by atoms with Crippen LogP contribution in [0.5, 0.6) is 0 Å². The largest absolute Gasteiger partial charge is 0.298 e. The third kappa shape index (κ3) is 3.40. The minimum absolute atomic E-state index is 0.210. The minimum Gasteiger partial charge on any atom is -0.298 e. The van der Waals surface area contributed by atoms with Gasteiger partial charge in [0.05, 0.1) is 10.2 Å². The number of carbonyl (C=O) groups excluding carboxylic acids is 1. The van der Waals surface area contributed by atoms with Gasteiger partial charge in [0, 0.05) is 16.5 Å². The van der Waals surface area contributed by atoms with E-state index in [4.69, 9.17) is 11.6 Å². The molecule has 0 unspecified atom stereocenters. The van der Waals surface area contributed by atoms with Gasteiger partial charge in [-0.05, 0) is 35.2 Å². The Kier molecular flexibility index (Phi) is 4.22. The summed E-state index contributed by atoms with van der Waals surface area (Å²) in [6.45, 7) is 0. The van der Waals surface area contributed by atoms with Crippen molar-refractivity contribution in [2.75, 3.05) is 5.32 Å². The van der Waals surface area contributed by atoms with Crippen LogP contribution >= 0.6 is 22.9 Å². The van der Waals surface area contributed by atoms with Crippen molar-refractivity contribution >= 4 is 61.0 Å². The van der Waals surface area contributed by atoms with E-state index in [2.05, 4.69) is 22.4 Å². The lowest BCUT2D eigenvalue weighted by Crippen LogP contribution is -2.07. The Morgan fingerprint density at radius 2 is 1.84 bits per heavy atom. The summed E-state index contributed by atoms with van der Waals surface area (Å²) in [6, 6.07) is 19.5. The molecule has 0 saturated heterocycles. The molecule has 1 N–H and O–H groups in total. The minimum atomic E-state index is -0.210. The summed E-state index contributed by atoms with van der Waals surface area (Å²) < 4.78 is 1.05. The van der Waals surface area contributed by atoms with Gasteiger partial charge in [-0.1, -0.05) is 65.4 Å². The normalized spacial score (nSPS) is 11.4. The zero-order valence-corrected chi connectivity index (χ0v) is 14.6. The Morgan fingerprint density at radius 3 is 2.68 bits per heavy atom. The number of benzene rings is 3. The van der Waals surface area contributed by atoms with Crippen LogP contribution in [0.25, 0.3) is 27.1 Å². The molecule has 3 aromatic carbocycles. The highest BCUT2D eigenvalue weighted by atomic mass is 35.5. The summed E-state index contributed by atoms with van der Waals surface area (Å²) in [4.78, 5) is 16.7.